The van der Waals surface area contributed by atoms with Gasteiger partial charge in [0.15, 0.2) is 5.78 Å². The second-order valence-electron chi connectivity index (χ2n) is 10.7. The van der Waals surface area contributed by atoms with Gasteiger partial charge in [0.25, 0.3) is 0 Å². The summed E-state index contributed by atoms with van der Waals surface area (Å²) >= 11 is 0. The Kier molecular flexibility index (Phi) is 12.2. The monoisotopic (exact) mass is 502 g/mol. The van der Waals surface area contributed by atoms with Crippen molar-refractivity contribution in [3.05, 3.63) is 70.3 Å². The smallest absolute Gasteiger partial charge is 0.164 e. The molecule has 0 aromatic heterocycles. The van der Waals surface area contributed by atoms with Crippen LogP contribution in [0.2, 0.25) is 0 Å². The zero-order valence-electron chi connectivity index (χ0n) is 24.0. The first-order valence-electron chi connectivity index (χ1n) is 14.1. The molecule has 0 saturated carbocycles. The minimum atomic E-state index is -0.140. The fraction of sp³-hybridized carbons (Fsp3) is 0.500. The van der Waals surface area contributed by atoms with Crippen LogP contribution in [0.25, 0.3) is 11.6 Å². The second-order valence-corrected chi connectivity index (χ2v) is 10.7. The van der Waals surface area contributed by atoms with Gasteiger partial charge in [0, 0.05) is 17.9 Å². The highest BCUT2D eigenvalue weighted by Gasteiger charge is 2.35. The van der Waals surface area contributed by atoms with Crippen molar-refractivity contribution in [2.24, 2.45) is 17.8 Å². The van der Waals surface area contributed by atoms with E-state index < -0.39 is 0 Å². The summed E-state index contributed by atoms with van der Waals surface area (Å²) in [5, 5.41) is 0. The largest absolute Gasteiger partial charge is 0.300 e. The Morgan fingerprint density at radius 2 is 1.65 bits per heavy atom. The summed E-state index contributed by atoms with van der Waals surface area (Å²) in [5.74, 6) is 0.244. The Balaban J connectivity index is 0.00000153. The number of allylic oxidation sites excluding steroid dienone is 1. The molecule has 3 rings (SSSR count). The molecule has 0 spiro atoms. The van der Waals surface area contributed by atoms with Crippen molar-refractivity contribution in [1.29, 1.82) is 0 Å². The molecule has 0 bridgehead atoms. The van der Waals surface area contributed by atoms with E-state index in [1.165, 1.54) is 24.5 Å². The van der Waals surface area contributed by atoms with Gasteiger partial charge in [0.1, 0.15) is 11.6 Å². The van der Waals surface area contributed by atoms with Crippen LogP contribution in [0.5, 0.6) is 0 Å². The van der Waals surface area contributed by atoms with Gasteiger partial charge in [-0.2, -0.15) is 0 Å². The number of carbonyl (C=O) groups excluding carboxylic acids is 3. The van der Waals surface area contributed by atoms with Crippen LogP contribution in [-0.4, -0.2) is 17.3 Å². The Labute approximate surface area is 224 Å². The van der Waals surface area contributed by atoms with Gasteiger partial charge in [-0.05, 0) is 74.1 Å². The molecule has 2 aromatic carbocycles. The third-order valence-corrected chi connectivity index (χ3v) is 7.23. The number of benzene rings is 2. The average molecular weight is 503 g/mol. The van der Waals surface area contributed by atoms with Gasteiger partial charge < -0.3 is 0 Å². The van der Waals surface area contributed by atoms with Crippen molar-refractivity contribution in [2.75, 3.05) is 0 Å². The van der Waals surface area contributed by atoms with Crippen molar-refractivity contribution < 1.29 is 14.4 Å². The summed E-state index contributed by atoms with van der Waals surface area (Å²) in [6, 6.07) is 14.6. The fourth-order valence-corrected chi connectivity index (χ4v) is 5.60. The molecule has 0 saturated heterocycles. The SMILES string of the molecule is CCC.CCCC(CC1CC(=O)c2c(C)cccc2C1=Cc1ccc(C)cc1)C(CC)C(=O)CC(C)=O. The van der Waals surface area contributed by atoms with Crippen LogP contribution in [0.3, 0.4) is 0 Å². The van der Waals surface area contributed by atoms with Gasteiger partial charge >= 0.3 is 0 Å². The van der Waals surface area contributed by atoms with Crippen LogP contribution >= 0.6 is 0 Å². The molecule has 1 aliphatic rings. The highest BCUT2D eigenvalue weighted by Crippen LogP contribution is 2.43. The molecule has 37 heavy (non-hydrogen) atoms. The van der Waals surface area contributed by atoms with Crippen LogP contribution in [0.4, 0.5) is 0 Å². The number of carbonyl (C=O) groups is 3. The zero-order valence-corrected chi connectivity index (χ0v) is 24.0. The van der Waals surface area contributed by atoms with Gasteiger partial charge in [-0.25, -0.2) is 0 Å². The zero-order chi connectivity index (χ0) is 27.5. The molecule has 0 fully saturated rings. The lowest BCUT2D eigenvalue weighted by molar-refractivity contribution is -0.129. The minimum Gasteiger partial charge on any atom is -0.300 e. The number of Topliss-reactive ketones (excluding diaryl/α,β-unsaturated/α-hetero) is 3. The molecule has 1 aliphatic carbocycles. The Morgan fingerprint density at radius 1 is 1.00 bits per heavy atom. The molecule has 0 amide bonds. The van der Waals surface area contributed by atoms with Crippen LogP contribution in [0, 0.1) is 31.6 Å². The molecular weight excluding hydrogens is 456 g/mol. The Bertz CT molecular complexity index is 1090. The first kappa shape index (κ1) is 30.4. The van der Waals surface area contributed by atoms with Crippen molar-refractivity contribution in [3.63, 3.8) is 0 Å². The quantitative estimate of drug-likeness (QED) is 0.305. The van der Waals surface area contributed by atoms with Gasteiger partial charge in [-0.15, -0.1) is 0 Å². The summed E-state index contributed by atoms with van der Waals surface area (Å²) < 4.78 is 0. The summed E-state index contributed by atoms with van der Waals surface area (Å²) in [5.41, 5.74) is 6.41. The number of fused-ring (bicyclic) bond motifs is 1. The maximum atomic E-state index is 13.3. The van der Waals surface area contributed by atoms with Crippen LogP contribution in [0.15, 0.2) is 42.5 Å². The van der Waals surface area contributed by atoms with Gasteiger partial charge in [-0.1, -0.05) is 94.6 Å². The summed E-state index contributed by atoms with van der Waals surface area (Å²) in [7, 11) is 0. The minimum absolute atomic E-state index is 0.0103. The second kappa shape index (κ2) is 14.8. The summed E-state index contributed by atoms with van der Waals surface area (Å²) in [4.78, 5) is 37.9. The van der Waals surface area contributed by atoms with Crippen molar-refractivity contribution in [1.82, 2.24) is 0 Å². The molecule has 3 heteroatoms. The third-order valence-electron chi connectivity index (χ3n) is 7.23. The molecular formula is C34H46O3. The van der Waals surface area contributed by atoms with Crippen molar-refractivity contribution in [2.45, 2.75) is 93.4 Å². The maximum Gasteiger partial charge on any atom is 0.164 e. The van der Waals surface area contributed by atoms with E-state index in [2.05, 4.69) is 64.1 Å². The Morgan fingerprint density at radius 3 is 2.22 bits per heavy atom. The number of rotatable bonds is 10. The van der Waals surface area contributed by atoms with E-state index in [-0.39, 0.29) is 41.5 Å². The molecule has 3 nitrogen and oxygen atoms in total. The van der Waals surface area contributed by atoms with Crippen LogP contribution < -0.4 is 0 Å². The molecule has 0 radical (unpaired) electrons. The molecule has 200 valence electrons. The maximum absolute atomic E-state index is 13.3. The lowest BCUT2D eigenvalue weighted by Gasteiger charge is -2.33. The number of hydrogen-bond donors (Lipinski definition) is 0. The predicted molar refractivity (Wildman–Crippen MR) is 156 cm³/mol. The fourth-order valence-electron chi connectivity index (χ4n) is 5.60. The molecule has 3 atom stereocenters. The topological polar surface area (TPSA) is 51.2 Å². The lowest BCUT2D eigenvalue weighted by Crippen LogP contribution is -2.29. The van der Waals surface area contributed by atoms with Gasteiger partial charge in [0.2, 0.25) is 0 Å². The van der Waals surface area contributed by atoms with E-state index in [4.69, 9.17) is 0 Å². The molecule has 0 N–H and O–H groups in total. The van der Waals surface area contributed by atoms with E-state index in [0.717, 1.165) is 47.9 Å². The number of ketones is 3. The first-order chi connectivity index (χ1) is 17.7. The molecule has 0 heterocycles. The van der Waals surface area contributed by atoms with Crippen molar-refractivity contribution >= 4 is 29.0 Å². The molecule has 2 aromatic rings. The number of aryl methyl sites for hydroxylation is 2. The van der Waals surface area contributed by atoms with E-state index in [9.17, 15) is 14.4 Å². The summed E-state index contributed by atoms with van der Waals surface area (Å²) in [6.07, 6.45) is 7.36. The molecule has 3 unspecified atom stereocenters. The highest BCUT2D eigenvalue weighted by atomic mass is 16.1. The van der Waals surface area contributed by atoms with Crippen molar-refractivity contribution in [3.8, 4) is 0 Å². The van der Waals surface area contributed by atoms with Crippen LogP contribution in [0.1, 0.15) is 112 Å². The first-order valence-corrected chi connectivity index (χ1v) is 14.1. The van der Waals surface area contributed by atoms with E-state index in [1.54, 1.807) is 0 Å². The van der Waals surface area contributed by atoms with E-state index in [0.29, 0.717) is 6.42 Å². The van der Waals surface area contributed by atoms with E-state index >= 15 is 0 Å². The molecule has 0 aliphatic heterocycles. The van der Waals surface area contributed by atoms with E-state index in [1.807, 2.05) is 26.0 Å². The summed E-state index contributed by atoms with van der Waals surface area (Å²) in [6.45, 7) is 14.0. The lowest BCUT2D eigenvalue weighted by atomic mass is 9.69. The Hall–Kier alpha value is -2.81. The van der Waals surface area contributed by atoms with Crippen LogP contribution in [-0.2, 0) is 9.59 Å². The highest BCUT2D eigenvalue weighted by molar-refractivity contribution is 6.07. The number of hydrogen-bond acceptors (Lipinski definition) is 3. The normalized spacial score (nSPS) is 17.4. The van der Waals surface area contributed by atoms with Gasteiger partial charge in [-0.3, -0.25) is 14.4 Å². The average Bonchev–Trinajstić information content (AvgIpc) is 2.83. The van der Waals surface area contributed by atoms with Gasteiger partial charge in [0.05, 0.1) is 6.42 Å². The predicted octanol–water partition coefficient (Wildman–Crippen LogP) is 8.84. The standard InChI is InChI=1S/C31H38O3.C3H8/c1-6-9-24(26(7-2)29(33)16-22(5)32)18-25-19-30(34)31-21(4)10-8-11-27(31)28(25)17-23-14-12-20(3)13-15-23;1-3-2/h8,10-15,17,24-26H,6-7,9,16,18-19H2,1-5H3;3H2,1-2H3. The third kappa shape index (κ3) is 8.35.